The van der Waals surface area contributed by atoms with Crippen LogP contribution in [-0.4, -0.2) is 31.9 Å². The molecule has 2 amide bonds. The number of amides is 2. The third kappa shape index (κ3) is 4.82. The number of carbonyl (C=O) groups is 3. The van der Waals surface area contributed by atoms with E-state index in [4.69, 9.17) is 4.74 Å². The van der Waals surface area contributed by atoms with Crippen molar-refractivity contribution in [3.05, 3.63) is 77.4 Å². The summed E-state index contributed by atoms with van der Waals surface area (Å²) >= 11 is 0. The first-order valence-corrected chi connectivity index (χ1v) is 8.37. The zero-order chi connectivity index (χ0) is 19.9. The first kappa shape index (κ1) is 19.9. The number of rotatable bonds is 6. The zero-order valence-corrected chi connectivity index (χ0v) is 15.5. The Morgan fingerprint density at radius 3 is 2.19 bits per heavy atom. The van der Waals surface area contributed by atoms with E-state index in [2.05, 4.69) is 10.6 Å². The predicted molar refractivity (Wildman–Crippen MR) is 103 cm³/mol. The lowest BCUT2D eigenvalue weighted by atomic mass is 9.92. The fraction of sp³-hybridized carbons (Fsp3) is 0.190. The standard InChI is InChI=1S/C21H22N2O4/c1-21(20(26)27-3,17-7-5-4-6-8-17)23-18(24)14-11-15-9-12-16(13-10-15)19(25)22-2/h4-14H,1-3H3,(H,22,25)(H,23,24)/b14-11+/t21-/m1/s1. The lowest BCUT2D eigenvalue weighted by molar-refractivity contribution is -0.150. The van der Waals surface area contributed by atoms with Gasteiger partial charge in [-0.1, -0.05) is 42.5 Å². The maximum absolute atomic E-state index is 12.4. The summed E-state index contributed by atoms with van der Waals surface area (Å²) < 4.78 is 4.86. The van der Waals surface area contributed by atoms with Gasteiger partial charge in [0.2, 0.25) is 5.91 Å². The molecule has 6 nitrogen and oxygen atoms in total. The first-order chi connectivity index (χ1) is 12.9. The molecule has 0 unspecified atom stereocenters. The number of ether oxygens (including phenoxy) is 1. The van der Waals surface area contributed by atoms with E-state index in [0.717, 1.165) is 5.56 Å². The minimum Gasteiger partial charge on any atom is -0.467 e. The van der Waals surface area contributed by atoms with Gasteiger partial charge in [0.25, 0.3) is 5.91 Å². The number of hydrogen-bond donors (Lipinski definition) is 2. The van der Waals surface area contributed by atoms with Crippen molar-refractivity contribution in [2.75, 3.05) is 14.2 Å². The average molecular weight is 366 g/mol. The summed E-state index contributed by atoms with van der Waals surface area (Å²) in [6.45, 7) is 1.60. The average Bonchev–Trinajstić information content (AvgIpc) is 2.71. The summed E-state index contributed by atoms with van der Waals surface area (Å²) in [6, 6.07) is 15.7. The van der Waals surface area contributed by atoms with E-state index < -0.39 is 17.4 Å². The van der Waals surface area contributed by atoms with Crippen molar-refractivity contribution < 1.29 is 19.1 Å². The molecular weight excluding hydrogens is 344 g/mol. The topological polar surface area (TPSA) is 84.5 Å². The van der Waals surface area contributed by atoms with Crippen molar-refractivity contribution in [2.45, 2.75) is 12.5 Å². The van der Waals surface area contributed by atoms with Gasteiger partial charge in [-0.05, 0) is 36.3 Å². The zero-order valence-electron chi connectivity index (χ0n) is 15.5. The van der Waals surface area contributed by atoms with Crippen LogP contribution in [0, 0.1) is 0 Å². The minimum absolute atomic E-state index is 0.181. The van der Waals surface area contributed by atoms with Gasteiger partial charge >= 0.3 is 5.97 Å². The Balaban J connectivity index is 2.15. The Bertz CT molecular complexity index is 844. The number of carbonyl (C=O) groups excluding carboxylic acids is 3. The second kappa shape index (κ2) is 8.80. The molecule has 2 N–H and O–H groups in total. The molecule has 0 bridgehead atoms. The molecule has 0 aliphatic carbocycles. The molecule has 6 heteroatoms. The van der Waals surface area contributed by atoms with E-state index in [1.54, 1.807) is 68.6 Å². The second-order valence-corrected chi connectivity index (χ2v) is 6.01. The maximum atomic E-state index is 12.4. The minimum atomic E-state index is -1.31. The third-order valence-corrected chi connectivity index (χ3v) is 4.15. The van der Waals surface area contributed by atoms with E-state index in [0.29, 0.717) is 11.1 Å². The maximum Gasteiger partial charge on any atom is 0.336 e. The highest BCUT2D eigenvalue weighted by atomic mass is 16.5. The molecule has 0 heterocycles. The Morgan fingerprint density at radius 2 is 1.63 bits per heavy atom. The van der Waals surface area contributed by atoms with Gasteiger partial charge in [-0.2, -0.15) is 0 Å². The highest BCUT2D eigenvalue weighted by Crippen LogP contribution is 2.22. The largest absolute Gasteiger partial charge is 0.467 e. The second-order valence-electron chi connectivity index (χ2n) is 6.01. The van der Waals surface area contributed by atoms with Crippen LogP contribution in [0.3, 0.4) is 0 Å². The van der Waals surface area contributed by atoms with Gasteiger partial charge in [0.1, 0.15) is 0 Å². The van der Waals surface area contributed by atoms with Crippen LogP contribution in [0.15, 0.2) is 60.7 Å². The summed E-state index contributed by atoms with van der Waals surface area (Å²) in [4.78, 5) is 36.2. The van der Waals surface area contributed by atoms with Crippen LogP contribution in [-0.2, 0) is 19.9 Å². The molecule has 0 spiro atoms. The van der Waals surface area contributed by atoms with E-state index in [-0.39, 0.29) is 5.91 Å². The summed E-state index contributed by atoms with van der Waals surface area (Å²) in [5, 5.41) is 5.25. The van der Waals surface area contributed by atoms with Crippen LogP contribution in [0.1, 0.15) is 28.4 Å². The molecule has 140 valence electrons. The summed E-state index contributed by atoms with van der Waals surface area (Å²) in [6.07, 6.45) is 2.94. The molecule has 27 heavy (non-hydrogen) atoms. The number of methoxy groups -OCH3 is 1. The third-order valence-electron chi connectivity index (χ3n) is 4.15. The van der Waals surface area contributed by atoms with Crippen LogP contribution in [0.5, 0.6) is 0 Å². The Morgan fingerprint density at radius 1 is 1.00 bits per heavy atom. The molecule has 1 atom stereocenters. The SMILES string of the molecule is CNC(=O)c1ccc(/C=C/C(=O)N[C@@](C)(C(=O)OC)c2ccccc2)cc1. The molecule has 0 aromatic heterocycles. The molecule has 0 aliphatic heterocycles. The lowest BCUT2D eigenvalue weighted by Crippen LogP contribution is -2.49. The van der Waals surface area contributed by atoms with Gasteiger partial charge in [0.05, 0.1) is 7.11 Å². The Kier molecular flexibility index (Phi) is 6.49. The van der Waals surface area contributed by atoms with Crippen LogP contribution in [0.2, 0.25) is 0 Å². The highest BCUT2D eigenvalue weighted by Gasteiger charge is 2.37. The molecule has 0 radical (unpaired) electrons. The molecule has 0 aliphatic rings. The number of benzene rings is 2. The van der Waals surface area contributed by atoms with Gasteiger partial charge in [-0.15, -0.1) is 0 Å². The Hall–Kier alpha value is -3.41. The number of esters is 1. The van der Waals surface area contributed by atoms with Gasteiger partial charge < -0.3 is 15.4 Å². The van der Waals surface area contributed by atoms with E-state index in [1.807, 2.05) is 6.07 Å². The molecular formula is C21H22N2O4. The molecule has 0 saturated carbocycles. The summed E-state index contributed by atoms with van der Waals surface area (Å²) in [5.74, 6) is -1.19. The molecule has 2 aromatic carbocycles. The quantitative estimate of drug-likeness (QED) is 0.607. The highest BCUT2D eigenvalue weighted by molar-refractivity contribution is 5.97. The van der Waals surface area contributed by atoms with Gasteiger partial charge in [0.15, 0.2) is 5.54 Å². The van der Waals surface area contributed by atoms with Crippen molar-refractivity contribution >= 4 is 23.9 Å². The monoisotopic (exact) mass is 366 g/mol. The summed E-state index contributed by atoms with van der Waals surface area (Å²) in [7, 11) is 2.84. The van der Waals surface area contributed by atoms with Crippen LogP contribution in [0.25, 0.3) is 6.08 Å². The van der Waals surface area contributed by atoms with E-state index >= 15 is 0 Å². The normalized spacial score (nSPS) is 12.9. The number of hydrogen-bond acceptors (Lipinski definition) is 4. The van der Waals surface area contributed by atoms with Crippen LogP contribution in [0.4, 0.5) is 0 Å². The molecule has 0 fully saturated rings. The van der Waals surface area contributed by atoms with Gasteiger partial charge in [-0.25, -0.2) is 4.79 Å². The van der Waals surface area contributed by atoms with Crippen LogP contribution < -0.4 is 10.6 Å². The van der Waals surface area contributed by atoms with Gasteiger partial charge in [-0.3, -0.25) is 9.59 Å². The predicted octanol–water partition coefficient (Wildman–Crippen LogP) is 2.26. The molecule has 2 rings (SSSR count). The molecule has 0 saturated heterocycles. The van der Waals surface area contributed by atoms with Crippen molar-refractivity contribution in [1.82, 2.24) is 10.6 Å². The number of nitrogens with one attached hydrogen (secondary N) is 2. The fourth-order valence-electron chi connectivity index (χ4n) is 2.57. The Labute approximate surface area is 158 Å². The van der Waals surface area contributed by atoms with Crippen molar-refractivity contribution in [2.24, 2.45) is 0 Å². The molecule has 2 aromatic rings. The fourth-order valence-corrected chi connectivity index (χ4v) is 2.57. The van der Waals surface area contributed by atoms with Crippen LogP contribution >= 0.6 is 0 Å². The van der Waals surface area contributed by atoms with E-state index in [1.165, 1.54) is 13.2 Å². The lowest BCUT2D eigenvalue weighted by Gasteiger charge is -2.27. The van der Waals surface area contributed by atoms with Crippen molar-refractivity contribution in [1.29, 1.82) is 0 Å². The smallest absolute Gasteiger partial charge is 0.336 e. The van der Waals surface area contributed by atoms with E-state index in [9.17, 15) is 14.4 Å². The van der Waals surface area contributed by atoms with Crippen molar-refractivity contribution in [3.63, 3.8) is 0 Å². The first-order valence-electron chi connectivity index (χ1n) is 8.37. The summed E-state index contributed by atoms with van der Waals surface area (Å²) in [5.41, 5.74) is 0.591. The van der Waals surface area contributed by atoms with Gasteiger partial charge in [0, 0.05) is 18.7 Å². The van der Waals surface area contributed by atoms with Crippen molar-refractivity contribution in [3.8, 4) is 0 Å².